The second-order valence-corrected chi connectivity index (χ2v) is 5.01. The number of piperidine rings is 1. The van der Waals surface area contributed by atoms with E-state index in [9.17, 15) is 14.7 Å². The minimum absolute atomic E-state index is 0.00554. The maximum atomic E-state index is 12.0. The summed E-state index contributed by atoms with van der Waals surface area (Å²) in [6.07, 6.45) is 1.24. The van der Waals surface area contributed by atoms with Crippen molar-refractivity contribution in [2.45, 2.75) is 25.3 Å². The van der Waals surface area contributed by atoms with Gasteiger partial charge in [0.25, 0.3) is 5.91 Å². The Balaban J connectivity index is 1.85. The monoisotopic (exact) mass is 287 g/mol. The minimum atomic E-state index is -0.229. The average Bonchev–Trinajstić information content (AvgIpc) is 2.48. The summed E-state index contributed by atoms with van der Waals surface area (Å²) in [6, 6.07) is 8.04. The summed E-state index contributed by atoms with van der Waals surface area (Å²) in [4.78, 5) is 25.3. The highest BCUT2D eigenvalue weighted by Gasteiger charge is 2.23. The third kappa shape index (κ3) is 3.96. The number of amides is 2. The number of benzene rings is 1. The number of phenols is 1. The molecule has 0 spiro atoms. The molecular weight excluding hydrogens is 270 g/mol. The predicted molar refractivity (Wildman–Crippen MR) is 75.4 cm³/mol. The molecule has 0 radical (unpaired) electrons. The van der Waals surface area contributed by atoms with E-state index in [-0.39, 0.29) is 30.0 Å². The molecule has 0 saturated carbocycles. The van der Waals surface area contributed by atoms with Crippen LogP contribution in [-0.2, 0) is 4.79 Å². The van der Waals surface area contributed by atoms with Crippen molar-refractivity contribution >= 4 is 11.8 Å². The van der Waals surface area contributed by atoms with Crippen molar-refractivity contribution in [1.29, 1.82) is 5.26 Å². The third-order valence-electron chi connectivity index (χ3n) is 3.52. The van der Waals surface area contributed by atoms with Crippen molar-refractivity contribution in [3.8, 4) is 11.8 Å². The van der Waals surface area contributed by atoms with Crippen molar-refractivity contribution in [2.75, 3.05) is 13.1 Å². The zero-order chi connectivity index (χ0) is 15.2. The van der Waals surface area contributed by atoms with E-state index < -0.39 is 0 Å². The van der Waals surface area contributed by atoms with Crippen molar-refractivity contribution in [2.24, 2.45) is 0 Å². The van der Waals surface area contributed by atoms with E-state index in [2.05, 4.69) is 5.32 Å². The van der Waals surface area contributed by atoms with Gasteiger partial charge in [0.1, 0.15) is 12.2 Å². The molecule has 2 amide bonds. The standard InChI is InChI=1S/C15H17N3O3/c16-7-4-14(20)18-8-5-12(6-9-18)17-15(21)11-2-1-3-13(19)10-11/h1-3,10,12,19H,4-6,8-9H2,(H,17,21). The number of rotatable bonds is 3. The lowest BCUT2D eigenvalue weighted by molar-refractivity contribution is -0.131. The number of carbonyl (C=O) groups excluding carboxylic acids is 2. The van der Waals surface area contributed by atoms with Crippen molar-refractivity contribution in [3.63, 3.8) is 0 Å². The SMILES string of the molecule is N#CCC(=O)N1CCC(NC(=O)c2cccc(O)c2)CC1. The van der Waals surface area contributed by atoms with Gasteiger partial charge in [-0.2, -0.15) is 5.26 Å². The number of nitriles is 1. The topological polar surface area (TPSA) is 93.4 Å². The number of nitrogens with one attached hydrogen (secondary N) is 1. The van der Waals surface area contributed by atoms with Gasteiger partial charge in [-0.3, -0.25) is 9.59 Å². The van der Waals surface area contributed by atoms with Gasteiger partial charge in [0.05, 0.1) is 6.07 Å². The molecule has 1 aromatic carbocycles. The number of aromatic hydroxyl groups is 1. The molecule has 1 aliphatic rings. The van der Waals surface area contributed by atoms with Crippen molar-refractivity contribution < 1.29 is 14.7 Å². The Morgan fingerprint density at radius 1 is 1.38 bits per heavy atom. The zero-order valence-electron chi connectivity index (χ0n) is 11.6. The van der Waals surface area contributed by atoms with Gasteiger partial charge in [0.15, 0.2) is 0 Å². The molecule has 21 heavy (non-hydrogen) atoms. The van der Waals surface area contributed by atoms with Crippen LogP contribution in [0.5, 0.6) is 5.75 Å². The van der Waals surface area contributed by atoms with Crippen molar-refractivity contribution in [3.05, 3.63) is 29.8 Å². The summed E-state index contributed by atoms with van der Waals surface area (Å²) in [5.41, 5.74) is 0.415. The highest BCUT2D eigenvalue weighted by Crippen LogP contribution is 2.14. The van der Waals surface area contributed by atoms with Crippen LogP contribution in [0.25, 0.3) is 0 Å². The lowest BCUT2D eigenvalue weighted by Crippen LogP contribution is -2.46. The molecule has 0 aromatic heterocycles. The third-order valence-corrected chi connectivity index (χ3v) is 3.52. The number of hydrogen-bond acceptors (Lipinski definition) is 4. The molecule has 0 aliphatic carbocycles. The summed E-state index contributed by atoms with van der Waals surface area (Å²) in [7, 11) is 0. The molecule has 1 aromatic rings. The van der Waals surface area contributed by atoms with E-state index in [1.54, 1.807) is 17.0 Å². The Hall–Kier alpha value is -2.55. The van der Waals surface area contributed by atoms with E-state index in [1.165, 1.54) is 12.1 Å². The predicted octanol–water partition coefficient (Wildman–Crippen LogP) is 1.03. The van der Waals surface area contributed by atoms with Crippen LogP contribution < -0.4 is 5.32 Å². The molecule has 0 atom stereocenters. The summed E-state index contributed by atoms with van der Waals surface area (Å²) in [6.45, 7) is 1.09. The molecule has 2 rings (SSSR count). The number of nitrogens with zero attached hydrogens (tertiary/aromatic N) is 2. The fraction of sp³-hybridized carbons (Fsp3) is 0.400. The molecule has 1 aliphatic heterocycles. The van der Waals surface area contributed by atoms with Gasteiger partial charge < -0.3 is 15.3 Å². The average molecular weight is 287 g/mol. The molecule has 6 nitrogen and oxygen atoms in total. The van der Waals surface area contributed by atoms with Crippen LogP contribution in [0.3, 0.4) is 0 Å². The quantitative estimate of drug-likeness (QED) is 0.868. The van der Waals surface area contributed by atoms with E-state index in [0.717, 1.165) is 0 Å². The number of phenolic OH excluding ortho intramolecular Hbond substituents is 1. The normalized spacial score (nSPS) is 15.3. The summed E-state index contributed by atoms with van der Waals surface area (Å²) >= 11 is 0. The van der Waals surface area contributed by atoms with Gasteiger partial charge in [-0.25, -0.2) is 0 Å². The maximum Gasteiger partial charge on any atom is 0.251 e. The lowest BCUT2D eigenvalue weighted by Gasteiger charge is -2.32. The molecule has 2 N–H and O–H groups in total. The summed E-state index contributed by atoms with van der Waals surface area (Å²) in [5.74, 6) is -0.331. The van der Waals surface area contributed by atoms with Gasteiger partial charge in [0.2, 0.25) is 5.91 Å². The van der Waals surface area contributed by atoms with Crippen LogP contribution in [0.4, 0.5) is 0 Å². The van der Waals surface area contributed by atoms with Gasteiger partial charge in [0, 0.05) is 24.7 Å². The Morgan fingerprint density at radius 3 is 2.71 bits per heavy atom. The molecule has 1 fully saturated rings. The molecule has 0 unspecified atom stereocenters. The van der Waals surface area contributed by atoms with Gasteiger partial charge >= 0.3 is 0 Å². The largest absolute Gasteiger partial charge is 0.508 e. The van der Waals surface area contributed by atoms with Crippen LogP contribution in [0.2, 0.25) is 0 Å². The molecular formula is C15H17N3O3. The Labute approximate surface area is 123 Å². The van der Waals surface area contributed by atoms with E-state index in [0.29, 0.717) is 31.5 Å². The van der Waals surface area contributed by atoms with Gasteiger partial charge in [-0.05, 0) is 31.0 Å². The van der Waals surface area contributed by atoms with Gasteiger partial charge in [-0.1, -0.05) is 6.07 Å². The molecule has 1 saturated heterocycles. The summed E-state index contributed by atoms with van der Waals surface area (Å²) < 4.78 is 0. The van der Waals surface area contributed by atoms with E-state index in [4.69, 9.17) is 5.26 Å². The summed E-state index contributed by atoms with van der Waals surface area (Å²) in [5, 5.41) is 20.8. The van der Waals surface area contributed by atoms with Crippen LogP contribution >= 0.6 is 0 Å². The van der Waals surface area contributed by atoms with E-state index >= 15 is 0 Å². The Bertz CT molecular complexity index is 572. The van der Waals surface area contributed by atoms with Crippen molar-refractivity contribution in [1.82, 2.24) is 10.2 Å². The zero-order valence-corrected chi connectivity index (χ0v) is 11.6. The first-order valence-corrected chi connectivity index (χ1v) is 6.85. The van der Waals surface area contributed by atoms with Crippen LogP contribution in [-0.4, -0.2) is 41.0 Å². The maximum absolute atomic E-state index is 12.0. The highest BCUT2D eigenvalue weighted by atomic mass is 16.3. The first-order valence-electron chi connectivity index (χ1n) is 6.85. The van der Waals surface area contributed by atoms with Crippen LogP contribution in [0.15, 0.2) is 24.3 Å². The first kappa shape index (κ1) is 14.9. The van der Waals surface area contributed by atoms with Crippen LogP contribution in [0.1, 0.15) is 29.6 Å². The number of hydrogen-bond donors (Lipinski definition) is 2. The highest BCUT2D eigenvalue weighted by molar-refractivity contribution is 5.94. The number of likely N-dealkylation sites (tertiary alicyclic amines) is 1. The molecule has 6 heteroatoms. The first-order chi connectivity index (χ1) is 10.1. The second-order valence-electron chi connectivity index (χ2n) is 5.01. The second kappa shape index (κ2) is 6.75. The smallest absolute Gasteiger partial charge is 0.251 e. The lowest BCUT2D eigenvalue weighted by atomic mass is 10.0. The molecule has 1 heterocycles. The van der Waals surface area contributed by atoms with E-state index in [1.807, 2.05) is 6.07 Å². The number of carbonyl (C=O) groups is 2. The Kier molecular flexibility index (Phi) is 4.77. The fourth-order valence-corrected chi connectivity index (χ4v) is 2.37. The molecule has 0 bridgehead atoms. The van der Waals surface area contributed by atoms with Gasteiger partial charge in [-0.15, -0.1) is 0 Å². The molecule has 110 valence electrons. The Morgan fingerprint density at radius 2 is 2.10 bits per heavy atom. The fourth-order valence-electron chi connectivity index (χ4n) is 2.37. The van der Waals surface area contributed by atoms with Crippen LogP contribution in [0, 0.1) is 11.3 Å². The minimum Gasteiger partial charge on any atom is -0.508 e.